The third-order valence-electron chi connectivity index (χ3n) is 6.57. The summed E-state index contributed by atoms with van der Waals surface area (Å²) in [7, 11) is 1.64. The number of aryl methyl sites for hydroxylation is 1. The molecular formula is C28H32N4O3S. The van der Waals surface area contributed by atoms with Gasteiger partial charge in [0, 0.05) is 17.7 Å². The van der Waals surface area contributed by atoms with Crippen LogP contribution in [0.2, 0.25) is 0 Å². The summed E-state index contributed by atoms with van der Waals surface area (Å²) >= 11 is 1.58. The van der Waals surface area contributed by atoms with Crippen molar-refractivity contribution >= 4 is 23.5 Å². The molecule has 0 saturated heterocycles. The van der Waals surface area contributed by atoms with Crippen LogP contribution in [0, 0.1) is 12.3 Å². The van der Waals surface area contributed by atoms with Crippen molar-refractivity contribution in [3.63, 3.8) is 0 Å². The van der Waals surface area contributed by atoms with Crippen LogP contribution in [0.1, 0.15) is 56.3 Å². The lowest BCUT2D eigenvalue weighted by Crippen LogP contribution is -2.36. The molecule has 2 aromatic carbocycles. The van der Waals surface area contributed by atoms with Crippen LogP contribution in [0.5, 0.6) is 11.5 Å². The molecule has 1 aliphatic heterocycles. The highest BCUT2D eigenvalue weighted by atomic mass is 32.2. The van der Waals surface area contributed by atoms with E-state index in [1.165, 1.54) is 5.56 Å². The number of hydrogen-bond donors (Lipinski definition) is 1. The molecular weight excluding hydrogens is 472 g/mol. The monoisotopic (exact) mass is 504 g/mol. The van der Waals surface area contributed by atoms with Gasteiger partial charge in [0.15, 0.2) is 17.3 Å². The number of nitrogens with zero attached hydrogens (tertiary/aromatic N) is 3. The predicted octanol–water partition coefficient (Wildman–Crippen LogP) is 5.94. The molecule has 0 spiro atoms. The lowest BCUT2D eigenvalue weighted by molar-refractivity contribution is -0.118. The first-order valence-electron chi connectivity index (χ1n) is 12.3. The Morgan fingerprint density at radius 3 is 2.75 bits per heavy atom. The van der Waals surface area contributed by atoms with Crippen molar-refractivity contribution in [1.29, 1.82) is 0 Å². The summed E-state index contributed by atoms with van der Waals surface area (Å²) in [5.74, 6) is 2.95. The maximum atomic E-state index is 13.5. The number of Topliss-reactive ketones (excluding diaryl/α,β-unsaturated/α-hetero) is 1. The summed E-state index contributed by atoms with van der Waals surface area (Å²) in [6.45, 7) is 8.85. The molecule has 0 radical (unpaired) electrons. The lowest BCUT2D eigenvalue weighted by Gasteiger charge is -2.38. The first-order valence-corrected chi connectivity index (χ1v) is 13.3. The number of aromatic nitrogens is 3. The first kappa shape index (κ1) is 24.4. The van der Waals surface area contributed by atoms with Gasteiger partial charge in [-0.05, 0) is 47.8 Å². The number of fused-ring (bicyclic) bond motifs is 1. The van der Waals surface area contributed by atoms with Gasteiger partial charge in [-0.1, -0.05) is 68.4 Å². The van der Waals surface area contributed by atoms with Gasteiger partial charge in [-0.25, -0.2) is 4.68 Å². The third kappa shape index (κ3) is 4.74. The minimum atomic E-state index is -0.377. The third-order valence-corrected chi connectivity index (χ3v) is 7.29. The van der Waals surface area contributed by atoms with Crippen molar-refractivity contribution in [2.24, 2.45) is 5.41 Å². The molecule has 1 aliphatic carbocycles. The molecule has 0 fully saturated rings. The van der Waals surface area contributed by atoms with Crippen LogP contribution in [0.4, 0.5) is 5.95 Å². The van der Waals surface area contributed by atoms with E-state index in [1.807, 2.05) is 35.0 Å². The molecule has 1 atom stereocenters. The number of anilines is 1. The van der Waals surface area contributed by atoms with E-state index in [4.69, 9.17) is 19.6 Å². The van der Waals surface area contributed by atoms with Crippen molar-refractivity contribution < 1.29 is 14.3 Å². The van der Waals surface area contributed by atoms with Gasteiger partial charge in [0.05, 0.1) is 7.11 Å². The zero-order chi connectivity index (χ0) is 25.4. The van der Waals surface area contributed by atoms with Crippen molar-refractivity contribution in [2.45, 2.75) is 58.3 Å². The van der Waals surface area contributed by atoms with Crippen molar-refractivity contribution in [3.05, 3.63) is 70.4 Å². The molecule has 0 bridgehead atoms. The standard InChI is InChI=1S/C28H32N4O3S/c1-6-36-27-30-26-29-20-14-28(3,4)15-21(33)24(20)25(32(26)31-27)19-10-11-22(23(13-19)34-5)35-16-18-9-7-8-17(2)12-18/h7-13,25H,6,14-16H2,1-5H3,(H,29,30,31). The number of nitrogens with one attached hydrogen (secondary N) is 1. The molecule has 3 aromatic rings. The average Bonchev–Trinajstić information content (AvgIpc) is 3.23. The maximum absolute atomic E-state index is 13.5. The second-order valence-electron chi connectivity index (χ2n) is 10.1. The Labute approximate surface area is 216 Å². The smallest absolute Gasteiger partial charge is 0.227 e. The predicted molar refractivity (Wildman–Crippen MR) is 142 cm³/mol. The van der Waals surface area contributed by atoms with Crippen LogP contribution in [0.3, 0.4) is 0 Å². The summed E-state index contributed by atoms with van der Waals surface area (Å²) in [4.78, 5) is 18.2. The quantitative estimate of drug-likeness (QED) is 0.399. The summed E-state index contributed by atoms with van der Waals surface area (Å²) in [5, 5.41) is 8.89. The fourth-order valence-electron chi connectivity index (χ4n) is 5.02. The Morgan fingerprint density at radius 2 is 2.00 bits per heavy atom. The number of methoxy groups -OCH3 is 1. The van der Waals surface area contributed by atoms with Crippen LogP contribution in [-0.2, 0) is 11.4 Å². The normalized spacial score (nSPS) is 18.4. The number of allylic oxidation sites excluding steroid dienone is 2. The Kier molecular flexibility index (Phi) is 6.55. The topological polar surface area (TPSA) is 78.3 Å². The number of benzene rings is 2. The highest BCUT2D eigenvalue weighted by Crippen LogP contribution is 2.46. The van der Waals surface area contributed by atoms with Gasteiger partial charge in [0.1, 0.15) is 12.6 Å². The molecule has 5 rings (SSSR count). The molecule has 1 aromatic heterocycles. The van der Waals surface area contributed by atoms with Crippen LogP contribution >= 0.6 is 11.8 Å². The van der Waals surface area contributed by atoms with Gasteiger partial charge in [-0.15, -0.1) is 5.10 Å². The Hall–Kier alpha value is -3.26. The lowest BCUT2D eigenvalue weighted by atomic mass is 9.73. The second kappa shape index (κ2) is 9.65. The molecule has 0 amide bonds. The molecule has 8 heteroatoms. The Morgan fingerprint density at radius 1 is 1.17 bits per heavy atom. The second-order valence-corrected chi connectivity index (χ2v) is 11.4. The largest absolute Gasteiger partial charge is 0.493 e. The van der Waals surface area contributed by atoms with E-state index in [1.54, 1.807) is 18.9 Å². The minimum absolute atomic E-state index is 0.109. The molecule has 2 heterocycles. The fraction of sp³-hybridized carbons (Fsp3) is 0.393. The molecule has 0 saturated carbocycles. The summed E-state index contributed by atoms with van der Waals surface area (Å²) < 4.78 is 13.7. The SMILES string of the molecule is CCSc1nc2n(n1)C(c1ccc(OCc3cccc(C)c3)c(OC)c1)C1=C(CC(C)(C)CC1=O)N2. The zero-order valence-corrected chi connectivity index (χ0v) is 22.2. The average molecular weight is 505 g/mol. The van der Waals surface area contributed by atoms with E-state index >= 15 is 0 Å². The van der Waals surface area contributed by atoms with Crippen LogP contribution in [0.25, 0.3) is 0 Å². The number of hydrogen-bond acceptors (Lipinski definition) is 7. The van der Waals surface area contributed by atoms with Gasteiger partial charge in [0.25, 0.3) is 0 Å². The number of carbonyl (C=O) groups is 1. The highest BCUT2D eigenvalue weighted by molar-refractivity contribution is 7.99. The van der Waals surface area contributed by atoms with E-state index in [2.05, 4.69) is 45.1 Å². The van der Waals surface area contributed by atoms with Crippen LogP contribution < -0.4 is 14.8 Å². The maximum Gasteiger partial charge on any atom is 0.227 e. The van der Waals surface area contributed by atoms with E-state index in [0.717, 1.165) is 34.6 Å². The van der Waals surface area contributed by atoms with Gasteiger partial charge in [0.2, 0.25) is 11.1 Å². The highest BCUT2D eigenvalue weighted by Gasteiger charge is 2.42. The fourth-order valence-corrected chi connectivity index (χ4v) is 5.58. The molecule has 2 aliphatic rings. The van der Waals surface area contributed by atoms with Gasteiger partial charge < -0.3 is 14.8 Å². The zero-order valence-electron chi connectivity index (χ0n) is 21.4. The van der Waals surface area contributed by atoms with Gasteiger partial charge >= 0.3 is 0 Å². The van der Waals surface area contributed by atoms with E-state index < -0.39 is 0 Å². The van der Waals surface area contributed by atoms with Crippen molar-refractivity contribution in [1.82, 2.24) is 14.8 Å². The number of ether oxygens (including phenoxy) is 2. The summed E-state index contributed by atoms with van der Waals surface area (Å²) in [6.07, 6.45) is 1.28. The summed E-state index contributed by atoms with van der Waals surface area (Å²) in [6, 6.07) is 13.7. The number of ketones is 1. The van der Waals surface area contributed by atoms with E-state index in [-0.39, 0.29) is 17.2 Å². The van der Waals surface area contributed by atoms with Gasteiger partial charge in [-0.3, -0.25) is 4.79 Å². The number of thioether (sulfide) groups is 1. The Bertz CT molecular complexity index is 1340. The van der Waals surface area contributed by atoms with Gasteiger partial charge in [-0.2, -0.15) is 4.98 Å². The van der Waals surface area contributed by atoms with Crippen molar-refractivity contribution in [2.75, 3.05) is 18.2 Å². The van der Waals surface area contributed by atoms with Crippen LogP contribution in [0.15, 0.2) is 58.9 Å². The molecule has 1 unspecified atom stereocenters. The summed E-state index contributed by atoms with van der Waals surface area (Å²) in [5.41, 5.74) is 4.79. The van der Waals surface area contributed by atoms with E-state index in [0.29, 0.717) is 35.6 Å². The first-order chi connectivity index (χ1) is 17.3. The molecule has 188 valence electrons. The minimum Gasteiger partial charge on any atom is -0.493 e. The molecule has 1 N–H and O–H groups in total. The van der Waals surface area contributed by atoms with Crippen LogP contribution in [-0.4, -0.2) is 33.4 Å². The molecule has 36 heavy (non-hydrogen) atoms. The van der Waals surface area contributed by atoms with Crippen molar-refractivity contribution in [3.8, 4) is 11.5 Å². The van der Waals surface area contributed by atoms with E-state index in [9.17, 15) is 4.79 Å². The number of rotatable bonds is 7. The molecule has 7 nitrogen and oxygen atoms in total. The number of carbonyl (C=O) groups excluding carboxylic acids is 1. The Balaban J connectivity index is 1.53.